The molecule has 27 heavy (non-hydrogen) atoms. The van der Waals surface area contributed by atoms with E-state index in [0.29, 0.717) is 10.8 Å². The van der Waals surface area contributed by atoms with Crippen molar-refractivity contribution in [2.24, 2.45) is 7.05 Å². The molecule has 0 aliphatic rings. The van der Waals surface area contributed by atoms with Gasteiger partial charge in [-0.1, -0.05) is 23.4 Å². The van der Waals surface area contributed by atoms with Crippen LogP contribution in [0, 0.1) is 0 Å². The number of anilines is 1. The standard InChI is InChI=1S/C17H17ClN6O2S/c1-10(27-17-23-20-9-24(17)2)11-6-7-19-14(8-11)22-15(25)13-5-4-12(18)16(21-13)26-3/h4-10H,1-3H3,(H,19,22,25)/t10-/m0/s1. The number of pyridine rings is 2. The lowest BCUT2D eigenvalue weighted by molar-refractivity contribution is 0.102. The van der Waals surface area contributed by atoms with Gasteiger partial charge in [-0.2, -0.15) is 0 Å². The van der Waals surface area contributed by atoms with Gasteiger partial charge in [-0.15, -0.1) is 10.2 Å². The van der Waals surface area contributed by atoms with Crippen LogP contribution in [0.2, 0.25) is 5.02 Å². The van der Waals surface area contributed by atoms with Gasteiger partial charge >= 0.3 is 0 Å². The Morgan fingerprint density at radius 3 is 2.89 bits per heavy atom. The molecular formula is C17H17ClN6O2S. The molecule has 0 saturated carbocycles. The maximum atomic E-state index is 12.4. The number of methoxy groups -OCH3 is 1. The Morgan fingerprint density at radius 2 is 2.19 bits per heavy atom. The molecule has 1 N–H and O–H groups in total. The third-order valence-electron chi connectivity index (χ3n) is 3.69. The molecular weight excluding hydrogens is 388 g/mol. The van der Waals surface area contributed by atoms with Crippen LogP contribution in [0.4, 0.5) is 5.82 Å². The zero-order valence-corrected chi connectivity index (χ0v) is 16.5. The van der Waals surface area contributed by atoms with Gasteiger partial charge in [0.15, 0.2) is 5.16 Å². The van der Waals surface area contributed by atoms with E-state index in [-0.39, 0.29) is 16.8 Å². The van der Waals surface area contributed by atoms with Crippen LogP contribution in [0.1, 0.15) is 28.2 Å². The normalized spacial score (nSPS) is 11.9. The van der Waals surface area contributed by atoms with Gasteiger partial charge in [0.05, 0.1) is 7.11 Å². The fourth-order valence-corrected chi connectivity index (χ4v) is 3.34. The Hall–Kier alpha value is -2.65. The second-order valence-electron chi connectivity index (χ2n) is 5.60. The number of nitrogens with zero attached hydrogens (tertiary/aromatic N) is 5. The minimum Gasteiger partial charge on any atom is -0.480 e. The largest absolute Gasteiger partial charge is 0.480 e. The number of aryl methyl sites for hydroxylation is 1. The smallest absolute Gasteiger partial charge is 0.275 e. The number of amides is 1. The average Bonchev–Trinajstić information content (AvgIpc) is 3.07. The molecule has 3 aromatic rings. The van der Waals surface area contributed by atoms with E-state index in [1.165, 1.54) is 13.2 Å². The summed E-state index contributed by atoms with van der Waals surface area (Å²) in [5.41, 5.74) is 1.18. The second kappa shape index (κ2) is 8.36. The number of ether oxygens (including phenoxy) is 1. The minimum absolute atomic E-state index is 0.0975. The summed E-state index contributed by atoms with van der Waals surface area (Å²) in [6.45, 7) is 2.05. The fourth-order valence-electron chi connectivity index (χ4n) is 2.25. The van der Waals surface area contributed by atoms with E-state index < -0.39 is 5.91 Å². The molecule has 0 aliphatic carbocycles. The highest BCUT2D eigenvalue weighted by molar-refractivity contribution is 7.99. The van der Waals surface area contributed by atoms with Gasteiger partial charge in [-0.3, -0.25) is 4.79 Å². The monoisotopic (exact) mass is 404 g/mol. The molecule has 1 atom stereocenters. The fraction of sp³-hybridized carbons (Fsp3) is 0.235. The lowest BCUT2D eigenvalue weighted by atomic mass is 10.2. The number of thioether (sulfide) groups is 1. The predicted octanol–water partition coefficient (Wildman–Crippen LogP) is 3.37. The zero-order chi connectivity index (χ0) is 19.4. The van der Waals surface area contributed by atoms with Crippen molar-refractivity contribution >= 4 is 35.1 Å². The molecule has 3 heterocycles. The summed E-state index contributed by atoms with van der Waals surface area (Å²) in [5, 5.41) is 11.9. The summed E-state index contributed by atoms with van der Waals surface area (Å²) in [7, 11) is 3.33. The number of hydrogen-bond donors (Lipinski definition) is 1. The first-order chi connectivity index (χ1) is 13.0. The molecule has 0 aliphatic heterocycles. The maximum Gasteiger partial charge on any atom is 0.275 e. The van der Waals surface area contributed by atoms with Gasteiger partial charge in [-0.25, -0.2) is 9.97 Å². The molecule has 0 fully saturated rings. The first kappa shape index (κ1) is 19.1. The molecule has 0 spiro atoms. The van der Waals surface area contributed by atoms with Crippen molar-refractivity contribution in [1.82, 2.24) is 24.7 Å². The van der Waals surface area contributed by atoms with Gasteiger partial charge in [0, 0.05) is 18.5 Å². The number of carbonyl (C=O) groups is 1. The topological polar surface area (TPSA) is 94.8 Å². The summed E-state index contributed by atoms with van der Waals surface area (Å²) in [4.78, 5) is 20.7. The zero-order valence-electron chi connectivity index (χ0n) is 14.9. The third kappa shape index (κ3) is 4.55. The number of aromatic nitrogens is 5. The lowest BCUT2D eigenvalue weighted by Gasteiger charge is -2.12. The van der Waals surface area contributed by atoms with Crippen LogP contribution in [0.3, 0.4) is 0 Å². The Bertz CT molecular complexity index is 964. The van der Waals surface area contributed by atoms with Gasteiger partial charge in [0.2, 0.25) is 5.88 Å². The highest BCUT2D eigenvalue weighted by Gasteiger charge is 2.15. The number of nitrogens with one attached hydrogen (secondary N) is 1. The Morgan fingerprint density at radius 1 is 1.37 bits per heavy atom. The first-order valence-corrected chi connectivity index (χ1v) is 9.22. The lowest BCUT2D eigenvalue weighted by Crippen LogP contribution is -2.15. The van der Waals surface area contributed by atoms with Crippen LogP contribution in [0.5, 0.6) is 5.88 Å². The maximum absolute atomic E-state index is 12.4. The van der Waals surface area contributed by atoms with Crippen LogP contribution < -0.4 is 10.1 Å². The number of halogens is 1. The number of hydrogen-bond acceptors (Lipinski definition) is 7. The molecule has 0 unspecified atom stereocenters. The number of carbonyl (C=O) groups excluding carboxylic acids is 1. The predicted molar refractivity (Wildman–Crippen MR) is 103 cm³/mol. The van der Waals surface area contributed by atoms with Gasteiger partial charge < -0.3 is 14.6 Å². The van der Waals surface area contributed by atoms with E-state index in [1.54, 1.807) is 30.4 Å². The molecule has 3 aromatic heterocycles. The van der Waals surface area contributed by atoms with Crippen LogP contribution >= 0.6 is 23.4 Å². The molecule has 10 heteroatoms. The molecule has 1 amide bonds. The van der Waals surface area contributed by atoms with E-state index in [9.17, 15) is 4.79 Å². The van der Waals surface area contributed by atoms with Gasteiger partial charge in [0.1, 0.15) is 22.9 Å². The van der Waals surface area contributed by atoms with Crippen molar-refractivity contribution in [1.29, 1.82) is 0 Å². The highest BCUT2D eigenvalue weighted by atomic mass is 35.5. The van der Waals surface area contributed by atoms with Gasteiger partial charge in [-0.05, 0) is 36.8 Å². The SMILES string of the molecule is COc1nc(C(=O)Nc2cc([C@H](C)Sc3nncn3C)ccn2)ccc1Cl. The van der Waals surface area contributed by atoms with Crippen LogP contribution in [0.15, 0.2) is 41.9 Å². The molecule has 8 nitrogen and oxygen atoms in total. The molecule has 0 saturated heterocycles. The van der Waals surface area contributed by atoms with E-state index in [4.69, 9.17) is 16.3 Å². The van der Waals surface area contributed by atoms with Crippen molar-refractivity contribution in [3.8, 4) is 5.88 Å². The summed E-state index contributed by atoms with van der Waals surface area (Å²) in [5.74, 6) is 0.224. The molecule has 0 aromatic carbocycles. The minimum atomic E-state index is -0.400. The van der Waals surface area contributed by atoms with Crippen molar-refractivity contribution in [2.75, 3.05) is 12.4 Å². The molecule has 140 valence electrons. The average molecular weight is 405 g/mol. The van der Waals surface area contributed by atoms with Crippen molar-refractivity contribution in [2.45, 2.75) is 17.3 Å². The summed E-state index contributed by atoms with van der Waals surface area (Å²) in [6.07, 6.45) is 3.30. The van der Waals surface area contributed by atoms with Gasteiger partial charge in [0.25, 0.3) is 5.91 Å². The highest BCUT2D eigenvalue weighted by Crippen LogP contribution is 2.33. The van der Waals surface area contributed by atoms with Crippen molar-refractivity contribution in [3.05, 3.63) is 53.1 Å². The van der Waals surface area contributed by atoms with E-state index in [1.807, 2.05) is 30.7 Å². The Kier molecular flexibility index (Phi) is 5.92. The molecule has 0 bridgehead atoms. The first-order valence-electron chi connectivity index (χ1n) is 7.96. The summed E-state index contributed by atoms with van der Waals surface area (Å²) >= 11 is 7.51. The Balaban J connectivity index is 1.73. The quantitative estimate of drug-likeness (QED) is 0.629. The van der Waals surface area contributed by atoms with Crippen LogP contribution in [-0.2, 0) is 7.05 Å². The van der Waals surface area contributed by atoms with E-state index in [0.717, 1.165) is 10.7 Å². The summed E-state index contributed by atoms with van der Waals surface area (Å²) < 4.78 is 6.89. The number of rotatable bonds is 6. The van der Waals surface area contributed by atoms with Crippen molar-refractivity contribution in [3.63, 3.8) is 0 Å². The molecule has 0 radical (unpaired) electrons. The third-order valence-corrected chi connectivity index (χ3v) is 5.18. The Labute approximate surface area is 165 Å². The van der Waals surface area contributed by atoms with E-state index >= 15 is 0 Å². The van der Waals surface area contributed by atoms with E-state index in [2.05, 4.69) is 25.5 Å². The van der Waals surface area contributed by atoms with Crippen LogP contribution in [-0.4, -0.2) is 37.7 Å². The van der Waals surface area contributed by atoms with Crippen molar-refractivity contribution < 1.29 is 9.53 Å². The molecule has 3 rings (SSSR count). The van der Waals surface area contributed by atoms with Crippen LogP contribution in [0.25, 0.3) is 0 Å². The second-order valence-corrected chi connectivity index (χ2v) is 7.32. The summed E-state index contributed by atoms with van der Waals surface area (Å²) in [6, 6.07) is 6.80.